The van der Waals surface area contributed by atoms with Gasteiger partial charge in [-0.05, 0) is 42.5 Å². The molecule has 0 radical (unpaired) electrons. The number of nitrogens with zero attached hydrogens (tertiary/aromatic N) is 3. The predicted molar refractivity (Wildman–Crippen MR) is 107 cm³/mol. The number of rotatable bonds is 5. The second-order valence-corrected chi connectivity index (χ2v) is 6.09. The van der Waals surface area contributed by atoms with Crippen molar-refractivity contribution in [3.8, 4) is 16.9 Å². The van der Waals surface area contributed by atoms with Crippen LogP contribution in [-0.2, 0) is 0 Å². The molecule has 0 saturated heterocycles. The van der Waals surface area contributed by atoms with Crippen LogP contribution in [-0.4, -0.2) is 25.5 Å². The van der Waals surface area contributed by atoms with E-state index in [0.717, 1.165) is 22.5 Å². The Hall–Kier alpha value is -4.06. The average molecular weight is 368 g/mol. The molecule has 1 aromatic carbocycles. The first-order chi connectivity index (χ1) is 13.7. The van der Waals surface area contributed by atoms with Crippen LogP contribution < -0.4 is 5.56 Å². The first-order valence-electron chi connectivity index (χ1n) is 8.67. The molecule has 6 heteroatoms. The number of hydrogen-bond acceptors (Lipinski definition) is 4. The number of para-hydroxylation sites is 1. The van der Waals surface area contributed by atoms with Gasteiger partial charge in [-0.1, -0.05) is 18.2 Å². The fraction of sp³-hybridized carbons (Fsp3) is 0. The highest BCUT2D eigenvalue weighted by atomic mass is 16.1. The van der Waals surface area contributed by atoms with E-state index in [2.05, 4.69) is 15.1 Å². The number of ketones is 1. The third-order valence-corrected chi connectivity index (χ3v) is 4.19. The van der Waals surface area contributed by atoms with Crippen molar-refractivity contribution in [3.05, 3.63) is 107 Å². The van der Waals surface area contributed by atoms with E-state index in [4.69, 9.17) is 0 Å². The van der Waals surface area contributed by atoms with Gasteiger partial charge in [0, 0.05) is 47.5 Å². The molecule has 0 fully saturated rings. The van der Waals surface area contributed by atoms with Crippen molar-refractivity contribution in [2.75, 3.05) is 0 Å². The molecule has 3 aromatic heterocycles. The lowest BCUT2D eigenvalue weighted by molar-refractivity contribution is 0.104. The molecule has 0 atom stereocenters. The van der Waals surface area contributed by atoms with Gasteiger partial charge in [-0.3, -0.25) is 14.6 Å². The minimum absolute atomic E-state index is 0.251. The zero-order valence-electron chi connectivity index (χ0n) is 14.8. The Kier molecular flexibility index (Phi) is 4.76. The van der Waals surface area contributed by atoms with Crippen LogP contribution in [0.4, 0.5) is 0 Å². The summed E-state index contributed by atoms with van der Waals surface area (Å²) >= 11 is 0. The summed E-state index contributed by atoms with van der Waals surface area (Å²) in [6.07, 6.45) is 9.89. The largest absolute Gasteiger partial charge is 0.329 e. The summed E-state index contributed by atoms with van der Waals surface area (Å²) in [6.45, 7) is 0. The Morgan fingerprint density at radius 2 is 1.82 bits per heavy atom. The van der Waals surface area contributed by atoms with Crippen molar-refractivity contribution in [1.29, 1.82) is 0 Å². The fourth-order valence-electron chi connectivity index (χ4n) is 2.82. The molecule has 28 heavy (non-hydrogen) atoms. The standard InChI is InChI=1S/C22H16N4O2/c27-20(17-10-13-24-21(28)14-17)7-6-18-15-26(19-4-2-1-3-5-19)25-22(18)16-8-11-23-12-9-16/h1-15H,(H,24,28)/b7-6+. The molecule has 0 aliphatic heterocycles. The lowest BCUT2D eigenvalue weighted by Crippen LogP contribution is -2.06. The maximum atomic E-state index is 12.4. The van der Waals surface area contributed by atoms with Crippen LogP contribution >= 0.6 is 0 Å². The molecule has 0 spiro atoms. The number of benzene rings is 1. The van der Waals surface area contributed by atoms with Crippen LogP contribution in [0.2, 0.25) is 0 Å². The summed E-state index contributed by atoms with van der Waals surface area (Å²) < 4.78 is 1.77. The number of H-pyrrole nitrogens is 1. The molecule has 3 heterocycles. The molecule has 0 aliphatic carbocycles. The average Bonchev–Trinajstić information content (AvgIpc) is 3.17. The van der Waals surface area contributed by atoms with Crippen LogP contribution in [0.25, 0.3) is 23.0 Å². The third-order valence-electron chi connectivity index (χ3n) is 4.19. The monoisotopic (exact) mass is 368 g/mol. The van der Waals surface area contributed by atoms with E-state index < -0.39 is 0 Å². The molecular weight excluding hydrogens is 352 g/mol. The van der Waals surface area contributed by atoms with Crippen molar-refractivity contribution in [1.82, 2.24) is 19.7 Å². The van der Waals surface area contributed by atoms with E-state index in [1.807, 2.05) is 48.7 Å². The van der Waals surface area contributed by atoms with Gasteiger partial charge in [0.15, 0.2) is 5.78 Å². The van der Waals surface area contributed by atoms with Crippen molar-refractivity contribution in [3.63, 3.8) is 0 Å². The third kappa shape index (κ3) is 3.71. The number of aromatic nitrogens is 4. The topological polar surface area (TPSA) is 80.6 Å². The zero-order valence-corrected chi connectivity index (χ0v) is 14.8. The van der Waals surface area contributed by atoms with Gasteiger partial charge in [-0.15, -0.1) is 0 Å². The minimum atomic E-state index is -0.311. The maximum absolute atomic E-state index is 12.4. The molecule has 0 bridgehead atoms. The Morgan fingerprint density at radius 1 is 1.04 bits per heavy atom. The Balaban J connectivity index is 1.74. The van der Waals surface area contributed by atoms with Crippen LogP contribution in [0.3, 0.4) is 0 Å². The molecule has 136 valence electrons. The van der Waals surface area contributed by atoms with E-state index in [1.54, 1.807) is 29.2 Å². The number of nitrogens with one attached hydrogen (secondary N) is 1. The number of carbonyl (C=O) groups is 1. The van der Waals surface area contributed by atoms with E-state index >= 15 is 0 Å². The summed E-state index contributed by atoms with van der Waals surface area (Å²) in [7, 11) is 0. The van der Waals surface area contributed by atoms with E-state index in [-0.39, 0.29) is 11.3 Å². The van der Waals surface area contributed by atoms with Gasteiger partial charge < -0.3 is 4.98 Å². The normalized spacial score (nSPS) is 11.0. The molecular formula is C22H16N4O2. The lowest BCUT2D eigenvalue weighted by atomic mass is 10.1. The molecule has 0 aliphatic rings. The van der Waals surface area contributed by atoms with Gasteiger partial charge in [0.05, 0.1) is 5.69 Å². The highest BCUT2D eigenvalue weighted by molar-refractivity contribution is 6.07. The van der Waals surface area contributed by atoms with Crippen molar-refractivity contribution in [2.45, 2.75) is 0 Å². The van der Waals surface area contributed by atoms with Crippen LogP contribution in [0.5, 0.6) is 0 Å². The Morgan fingerprint density at radius 3 is 2.57 bits per heavy atom. The maximum Gasteiger partial charge on any atom is 0.248 e. The highest BCUT2D eigenvalue weighted by Crippen LogP contribution is 2.24. The van der Waals surface area contributed by atoms with E-state index in [1.165, 1.54) is 18.3 Å². The molecule has 6 nitrogen and oxygen atoms in total. The Labute approximate surface area is 160 Å². The Bertz CT molecular complexity index is 1190. The van der Waals surface area contributed by atoms with Gasteiger partial charge in [-0.25, -0.2) is 4.68 Å². The molecule has 4 rings (SSSR count). The summed E-state index contributed by atoms with van der Waals surface area (Å²) in [5, 5.41) is 4.69. The van der Waals surface area contributed by atoms with Gasteiger partial charge in [0.2, 0.25) is 5.56 Å². The SMILES string of the molecule is O=C(/C=C/c1cn(-c2ccccc2)nc1-c1ccncc1)c1cc[nH]c(=O)c1. The van der Waals surface area contributed by atoms with E-state index in [9.17, 15) is 9.59 Å². The second-order valence-electron chi connectivity index (χ2n) is 6.09. The number of pyridine rings is 2. The lowest BCUT2D eigenvalue weighted by Gasteiger charge is -2.00. The van der Waals surface area contributed by atoms with Crippen LogP contribution in [0, 0.1) is 0 Å². The van der Waals surface area contributed by atoms with E-state index in [0.29, 0.717) is 5.56 Å². The molecule has 0 amide bonds. The first-order valence-corrected chi connectivity index (χ1v) is 8.67. The number of allylic oxidation sites excluding steroid dienone is 1. The first kappa shape index (κ1) is 17.4. The van der Waals surface area contributed by atoms with Crippen molar-refractivity contribution in [2.24, 2.45) is 0 Å². The summed E-state index contributed by atoms with van der Waals surface area (Å²) in [6, 6.07) is 16.3. The summed E-state index contributed by atoms with van der Waals surface area (Å²) in [4.78, 5) is 30.4. The van der Waals surface area contributed by atoms with Crippen molar-refractivity contribution >= 4 is 11.9 Å². The predicted octanol–water partition coefficient (Wildman–Crippen LogP) is 3.52. The zero-order chi connectivity index (χ0) is 19.3. The van der Waals surface area contributed by atoms with Crippen LogP contribution in [0.1, 0.15) is 15.9 Å². The molecule has 1 N–H and O–H groups in total. The van der Waals surface area contributed by atoms with Gasteiger partial charge in [-0.2, -0.15) is 5.10 Å². The molecule has 0 saturated carbocycles. The molecule has 4 aromatic rings. The fourth-order valence-corrected chi connectivity index (χ4v) is 2.82. The van der Waals surface area contributed by atoms with Crippen LogP contribution in [0.15, 0.2) is 90.3 Å². The number of hydrogen-bond donors (Lipinski definition) is 1. The summed E-state index contributed by atoms with van der Waals surface area (Å²) in [5.41, 5.74) is 3.36. The highest BCUT2D eigenvalue weighted by Gasteiger charge is 2.11. The van der Waals surface area contributed by atoms with Crippen molar-refractivity contribution < 1.29 is 4.79 Å². The number of carbonyl (C=O) groups excluding carboxylic acids is 1. The molecule has 0 unspecified atom stereocenters. The van der Waals surface area contributed by atoms with Gasteiger partial charge in [0.25, 0.3) is 0 Å². The second kappa shape index (κ2) is 7.67. The smallest absolute Gasteiger partial charge is 0.248 e. The number of aromatic amines is 1. The quantitative estimate of drug-likeness (QED) is 0.432. The van der Waals surface area contributed by atoms with Gasteiger partial charge >= 0.3 is 0 Å². The summed E-state index contributed by atoms with van der Waals surface area (Å²) in [5.74, 6) is -0.251. The minimum Gasteiger partial charge on any atom is -0.329 e. The van der Waals surface area contributed by atoms with Gasteiger partial charge in [0.1, 0.15) is 5.69 Å².